The highest BCUT2D eigenvalue weighted by atomic mass is 19.1. The van der Waals surface area contributed by atoms with Gasteiger partial charge in [0, 0.05) is 6.42 Å². The first-order valence-corrected chi connectivity index (χ1v) is 3.94. The Bertz CT molecular complexity index is 300. The van der Waals surface area contributed by atoms with Crippen LogP contribution in [0.15, 0.2) is 12.1 Å². The van der Waals surface area contributed by atoms with E-state index in [9.17, 15) is 13.6 Å². The van der Waals surface area contributed by atoms with Crippen molar-refractivity contribution in [3.8, 4) is 0 Å². The first-order valence-electron chi connectivity index (χ1n) is 3.94. The van der Waals surface area contributed by atoms with Crippen molar-refractivity contribution in [2.45, 2.75) is 19.8 Å². The number of aryl methyl sites for hydroxylation is 1. The van der Waals surface area contributed by atoms with Gasteiger partial charge in [0.1, 0.15) is 17.4 Å². The van der Waals surface area contributed by atoms with E-state index in [-0.39, 0.29) is 5.78 Å². The molecular formula is C10H9F2O. The highest BCUT2D eigenvalue weighted by molar-refractivity contribution is 5.75. The van der Waals surface area contributed by atoms with Crippen LogP contribution in [0.4, 0.5) is 8.78 Å². The molecule has 1 aromatic rings. The van der Waals surface area contributed by atoms with E-state index in [1.54, 1.807) is 0 Å². The van der Waals surface area contributed by atoms with Crippen LogP contribution in [-0.4, -0.2) is 5.78 Å². The van der Waals surface area contributed by atoms with E-state index in [1.165, 1.54) is 19.1 Å². The molecule has 0 saturated heterocycles. The minimum absolute atomic E-state index is 0.00801. The van der Waals surface area contributed by atoms with E-state index in [2.05, 4.69) is 0 Å². The molecule has 3 heteroatoms. The lowest BCUT2D eigenvalue weighted by atomic mass is 10.1. The monoisotopic (exact) mass is 183 g/mol. The van der Waals surface area contributed by atoms with Gasteiger partial charge in [-0.1, -0.05) is 0 Å². The maximum atomic E-state index is 12.6. The predicted molar refractivity (Wildman–Crippen MR) is 44.2 cm³/mol. The van der Waals surface area contributed by atoms with Crippen LogP contribution >= 0.6 is 0 Å². The van der Waals surface area contributed by atoms with Gasteiger partial charge in [0.2, 0.25) is 0 Å². The zero-order valence-electron chi connectivity index (χ0n) is 7.23. The summed E-state index contributed by atoms with van der Waals surface area (Å²) in [6.07, 6.45) is 0.681. The Labute approximate surface area is 75.4 Å². The summed E-state index contributed by atoms with van der Waals surface area (Å²) in [5, 5.41) is 0. The molecule has 0 aliphatic rings. The second kappa shape index (κ2) is 4.12. The predicted octanol–water partition coefficient (Wildman–Crippen LogP) is 2.29. The van der Waals surface area contributed by atoms with Crippen molar-refractivity contribution in [3.63, 3.8) is 0 Å². The molecule has 1 rings (SSSR count). The van der Waals surface area contributed by atoms with Crippen LogP contribution in [0, 0.1) is 17.7 Å². The Morgan fingerprint density at radius 3 is 2.38 bits per heavy atom. The second-order valence-corrected chi connectivity index (χ2v) is 2.89. The van der Waals surface area contributed by atoms with Gasteiger partial charge in [0.05, 0.1) is 6.07 Å². The molecule has 0 unspecified atom stereocenters. The van der Waals surface area contributed by atoms with Gasteiger partial charge in [0.15, 0.2) is 0 Å². The number of benzene rings is 1. The summed E-state index contributed by atoms with van der Waals surface area (Å²) in [6.45, 7) is 1.45. The fourth-order valence-electron chi connectivity index (χ4n) is 1.02. The van der Waals surface area contributed by atoms with Crippen molar-refractivity contribution in [2.24, 2.45) is 0 Å². The Kier molecular flexibility index (Phi) is 3.12. The first kappa shape index (κ1) is 9.84. The maximum absolute atomic E-state index is 12.6. The maximum Gasteiger partial charge on any atom is 0.134 e. The molecule has 13 heavy (non-hydrogen) atoms. The molecule has 0 saturated carbocycles. The summed E-state index contributed by atoms with van der Waals surface area (Å²) in [6, 6.07) is 4.25. The van der Waals surface area contributed by atoms with E-state index in [1.807, 2.05) is 6.07 Å². The lowest BCUT2D eigenvalue weighted by Crippen LogP contribution is -1.95. The smallest absolute Gasteiger partial charge is 0.134 e. The van der Waals surface area contributed by atoms with Gasteiger partial charge in [0.25, 0.3) is 0 Å². The van der Waals surface area contributed by atoms with Crippen LogP contribution in [0.3, 0.4) is 0 Å². The third-order valence-electron chi connectivity index (χ3n) is 1.63. The number of carbonyl (C=O) groups is 1. The summed E-state index contributed by atoms with van der Waals surface area (Å²) in [4.78, 5) is 10.6. The molecule has 1 nitrogen and oxygen atoms in total. The number of hydrogen-bond acceptors (Lipinski definition) is 1. The fourth-order valence-corrected chi connectivity index (χ4v) is 1.02. The molecule has 1 radical (unpaired) electrons. The molecule has 0 fully saturated rings. The Hall–Kier alpha value is -1.25. The average molecular weight is 183 g/mol. The van der Waals surface area contributed by atoms with E-state index < -0.39 is 11.6 Å². The molecule has 0 bridgehead atoms. The van der Waals surface area contributed by atoms with Crippen LogP contribution in [0.2, 0.25) is 0 Å². The van der Waals surface area contributed by atoms with Crippen molar-refractivity contribution in [1.29, 1.82) is 0 Å². The number of carbonyl (C=O) groups excluding carboxylic acids is 1. The standard InChI is InChI=1S/C10H9F2O/c1-7(13)2-3-8-4-9(11)6-10(12)5-8/h4-5H,2-3H2,1H3. The van der Waals surface area contributed by atoms with Crippen molar-refractivity contribution < 1.29 is 13.6 Å². The minimum atomic E-state index is -0.724. The summed E-state index contributed by atoms with van der Waals surface area (Å²) >= 11 is 0. The number of rotatable bonds is 3. The van der Waals surface area contributed by atoms with Crippen LogP contribution < -0.4 is 0 Å². The van der Waals surface area contributed by atoms with Crippen LogP contribution in [0.1, 0.15) is 18.9 Å². The molecule has 69 valence electrons. The van der Waals surface area contributed by atoms with E-state index in [0.29, 0.717) is 18.4 Å². The first-order chi connectivity index (χ1) is 6.08. The normalized spacial score (nSPS) is 10.1. The molecule has 0 aliphatic carbocycles. The SMILES string of the molecule is CC(=O)CCc1cc(F)[c]c(F)c1. The van der Waals surface area contributed by atoms with E-state index >= 15 is 0 Å². The number of halogens is 2. The Balaban J connectivity index is 2.71. The highest BCUT2D eigenvalue weighted by Crippen LogP contribution is 2.09. The molecule has 0 atom stereocenters. The summed E-state index contributed by atoms with van der Waals surface area (Å²) in [7, 11) is 0. The summed E-state index contributed by atoms with van der Waals surface area (Å²) < 4.78 is 25.1. The molecule has 0 aromatic heterocycles. The number of ketones is 1. The van der Waals surface area contributed by atoms with Gasteiger partial charge in [-0.25, -0.2) is 8.78 Å². The molecule has 1 aromatic carbocycles. The topological polar surface area (TPSA) is 17.1 Å². The highest BCUT2D eigenvalue weighted by Gasteiger charge is 2.02. The van der Waals surface area contributed by atoms with Crippen molar-refractivity contribution >= 4 is 5.78 Å². The van der Waals surface area contributed by atoms with Crippen LogP contribution in [0.5, 0.6) is 0 Å². The molecule has 0 N–H and O–H groups in total. The third kappa shape index (κ3) is 3.32. The summed E-state index contributed by atoms with van der Waals surface area (Å²) in [5.41, 5.74) is 0.490. The molecule has 0 heterocycles. The zero-order valence-corrected chi connectivity index (χ0v) is 7.23. The fraction of sp³-hybridized carbons (Fsp3) is 0.300. The molecular weight excluding hydrogens is 174 g/mol. The lowest BCUT2D eigenvalue weighted by molar-refractivity contribution is -0.116. The largest absolute Gasteiger partial charge is 0.300 e. The van der Waals surface area contributed by atoms with Crippen molar-refractivity contribution in [1.82, 2.24) is 0 Å². The van der Waals surface area contributed by atoms with Crippen LogP contribution in [-0.2, 0) is 11.2 Å². The van der Waals surface area contributed by atoms with Gasteiger partial charge in [-0.15, -0.1) is 0 Å². The van der Waals surface area contributed by atoms with E-state index in [4.69, 9.17) is 0 Å². The quantitative estimate of drug-likeness (QED) is 0.702. The van der Waals surface area contributed by atoms with E-state index in [0.717, 1.165) is 0 Å². The zero-order chi connectivity index (χ0) is 9.84. The Morgan fingerprint density at radius 2 is 1.92 bits per heavy atom. The van der Waals surface area contributed by atoms with Gasteiger partial charge in [-0.2, -0.15) is 0 Å². The lowest BCUT2D eigenvalue weighted by Gasteiger charge is -1.99. The second-order valence-electron chi connectivity index (χ2n) is 2.89. The van der Waals surface area contributed by atoms with Gasteiger partial charge in [-0.05, 0) is 31.0 Å². The van der Waals surface area contributed by atoms with Gasteiger partial charge >= 0.3 is 0 Å². The summed E-state index contributed by atoms with van der Waals surface area (Å²) in [5.74, 6) is -1.44. The average Bonchev–Trinajstić information content (AvgIpc) is 1.99. The van der Waals surface area contributed by atoms with Crippen molar-refractivity contribution in [2.75, 3.05) is 0 Å². The molecule has 0 aliphatic heterocycles. The number of Topliss-reactive ketones (excluding diaryl/α,β-unsaturated/α-hetero) is 1. The van der Waals surface area contributed by atoms with Gasteiger partial charge < -0.3 is 4.79 Å². The molecule has 0 amide bonds. The number of hydrogen-bond donors (Lipinski definition) is 0. The van der Waals surface area contributed by atoms with Crippen molar-refractivity contribution in [3.05, 3.63) is 35.4 Å². The van der Waals surface area contributed by atoms with Gasteiger partial charge in [-0.3, -0.25) is 0 Å². The minimum Gasteiger partial charge on any atom is -0.300 e. The molecule has 0 spiro atoms. The third-order valence-corrected chi connectivity index (χ3v) is 1.63. The Morgan fingerprint density at radius 1 is 1.38 bits per heavy atom. The van der Waals surface area contributed by atoms with Crippen LogP contribution in [0.25, 0.3) is 0 Å².